The van der Waals surface area contributed by atoms with Gasteiger partial charge in [0.15, 0.2) is 0 Å². The third-order valence-corrected chi connectivity index (χ3v) is 4.22. The second-order valence-electron chi connectivity index (χ2n) is 5.57. The maximum Gasteiger partial charge on any atom is 0.131 e. The number of rotatable bonds is 2. The Balaban J connectivity index is 2.07. The second-order valence-corrected chi connectivity index (χ2v) is 6.00. The van der Waals surface area contributed by atoms with Crippen LogP contribution in [0.2, 0.25) is 5.02 Å². The molecule has 0 aliphatic rings. The quantitative estimate of drug-likeness (QED) is 0.416. The van der Waals surface area contributed by atoms with E-state index < -0.39 is 0 Å². The molecule has 0 bridgehead atoms. The van der Waals surface area contributed by atoms with Crippen molar-refractivity contribution in [3.05, 3.63) is 89.7 Å². The van der Waals surface area contributed by atoms with Crippen molar-refractivity contribution in [2.45, 2.75) is 0 Å². The van der Waals surface area contributed by atoms with Crippen molar-refractivity contribution in [1.29, 1.82) is 0 Å². The number of nitrogens with zero attached hydrogens (tertiary/aromatic N) is 1. The van der Waals surface area contributed by atoms with Crippen LogP contribution in [0.3, 0.4) is 0 Å². The van der Waals surface area contributed by atoms with E-state index in [2.05, 4.69) is 0 Å². The Kier molecular flexibility index (Phi) is 3.75. The number of hydrogen-bond acceptors (Lipinski definition) is 1. The van der Waals surface area contributed by atoms with Crippen molar-refractivity contribution in [3.8, 4) is 22.4 Å². The molecule has 3 aromatic carbocycles. The van der Waals surface area contributed by atoms with Crippen LogP contribution in [0.4, 0.5) is 4.39 Å². The molecule has 0 spiro atoms. The highest BCUT2D eigenvalue weighted by molar-refractivity contribution is 6.30. The van der Waals surface area contributed by atoms with E-state index in [1.54, 1.807) is 12.1 Å². The van der Waals surface area contributed by atoms with Crippen LogP contribution in [-0.4, -0.2) is 4.98 Å². The Morgan fingerprint density at radius 1 is 0.750 bits per heavy atom. The first-order valence-corrected chi connectivity index (χ1v) is 8.01. The highest BCUT2D eigenvalue weighted by Gasteiger charge is 2.14. The Labute approximate surface area is 144 Å². The summed E-state index contributed by atoms with van der Waals surface area (Å²) in [7, 11) is 0. The summed E-state index contributed by atoms with van der Waals surface area (Å²) in [6.07, 6.45) is 0. The first kappa shape index (κ1) is 14.9. The molecule has 0 unspecified atom stereocenters. The van der Waals surface area contributed by atoms with Crippen LogP contribution in [0.1, 0.15) is 0 Å². The predicted molar refractivity (Wildman–Crippen MR) is 97.6 cm³/mol. The van der Waals surface area contributed by atoms with E-state index in [4.69, 9.17) is 16.6 Å². The van der Waals surface area contributed by atoms with Gasteiger partial charge in [-0.25, -0.2) is 9.37 Å². The maximum absolute atomic E-state index is 14.4. The molecule has 0 radical (unpaired) electrons. The second kappa shape index (κ2) is 6.06. The molecule has 0 atom stereocenters. The number of aromatic nitrogens is 1. The lowest BCUT2D eigenvalue weighted by Crippen LogP contribution is -1.93. The van der Waals surface area contributed by atoms with Gasteiger partial charge < -0.3 is 0 Å². The standard InChI is InChI=1S/C21H13ClFN/c22-16-8-5-7-15(12-16)21-18(17-9-2-3-10-19(17)23)13-14-6-1-4-11-20(14)24-21/h1-13H. The first-order chi connectivity index (χ1) is 11.7. The van der Waals surface area contributed by atoms with Gasteiger partial charge in [-0.1, -0.05) is 60.1 Å². The van der Waals surface area contributed by atoms with Gasteiger partial charge >= 0.3 is 0 Å². The van der Waals surface area contributed by atoms with Crippen LogP contribution >= 0.6 is 11.6 Å². The van der Waals surface area contributed by atoms with Crippen LogP contribution in [-0.2, 0) is 0 Å². The van der Waals surface area contributed by atoms with Gasteiger partial charge in [0.05, 0.1) is 11.2 Å². The maximum atomic E-state index is 14.4. The zero-order valence-electron chi connectivity index (χ0n) is 12.7. The summed E-state index contributed by atoms with van der Waals surface area (Å²) in [5.41, 5.74) is 3.75. The highest BCUT2D eigenvalue weighted by atomic mass is 35.5. The van der Waals surface area contributed by atoms with Crippen molar-refractivity contribution >= 4 is 22.5 Å². The van der Waals surface area contributed by atoms with Gasteiger partial charge in [0.25, 0.3) is 0 Å². The average molecular weight is 334 g/mol. The number of fused-ring (bicyclic) bond motifs is 1. The van der Waals surface area contributed by atoms with Crippen LogP contribution in [0.25, 0.3) is 33.3 Å². The average Bonchev–Trinajstić information content (AvgIpc) is 2.61. The minimum absolute atomic E-state index is 0.266. The lowest BCUT2D eigenvalue weighted by Gasteiger charge is -2.12. The van der Waals surface area contributed by atoms with Crippen molar-refractivity contribution in [2.24, 2.45) is 0 Å². The van der Waals surface area contributed by atoms with Crippen LogP contribution in [0.15, 0.2) is 78.9 Å². The van der Waals surface area contributed by atoms with E-state index in [0.717, 1.165) is 27.7 Å². The molecule has 24 heavy (non-hydrogen) atoms. The molecule has 4 aromatic rings. The molecule has 0 amide bonds. The van der Waals surface area contributed by atoms with E-state index in [9.17, 15) is 4.39 Å². The summed E-state index contributed by atoms with van der Waals surface area (Å²) in [4.78, 5) is 4.78. The summed E-state index contributed by atoms with van der Waals surface area (Å²) in [6.45, 7) is 0. The van der Waals surface area contributed by atoms with Crippen LogP contribution in [0, 0.1) is 5.82 Å². The van der Waals surface area contributed by atoms with Gasteiger partial charge in [-0.2, -0.15) is 0 Å². The van der Waals surface area contributed by atoms with Gasteiger partial charge in [-0.05, 0) is 30.3 Å². The molecule has 116 valence electrons. The van der Waals surface area contributed by atoms with Crippen molar-refractivity contribution in [2.75, 3.05) is 0 Å². The minimum atomic E-state index is -0.266. The molecule has 0 aliphatic heterocycles. The SMILES string of the molecule is Fc1ccccc1-c1cc2ccccc2nc1-c1cccc(Cl)c1. The third kappa shape index (κ3) is 2.66. The fraction of sp³-hybridized carbons (Fsp3) is 0. The summed E-state index contributed by atoms with van der Waals surface area (Å²) in [6, 6.07) is 24.0. The van der Waals surface area contributed by atoms with Gasteiger partial charge in [-0.3, -0.25) is 0 Å². The first-order valence-electron chi connectivity index (χ1n) is 7.63. The van der Waals surface area contributed by atoms with Gasteiger partial charge in [-0.15, -0.1) is 0 Å². The van der Waals surface area contributed by atoms with E-state index in [-0.39, 0.29) is 5.82 Å². The minimum Gasteiger partial charge on any atom is -0.247 e. The molecule has 0 fully saturated rings. The van der Waals surface area contributed by atoms with Crippen molar-refractivity contribution < 1.29 is 4.39 Å². The largest absolute Gasteiger partial charge is 0.247 e. The molecule has 1 heterocycles. The number of pyridine rings is 1. The number of para-hydroxylation sites is 1. The zero-order valence-corrected chi connectivity index (χ0v) is 13.5. The van der Waals surface area contributed by atoms with E-state index >= 15 is 0 Å². The molecule has 0 aliphatic carbocycles. The Morgan fingerprint density at radius 3 is 2.38 bits per heavy atom. The Morgan fingerprint density at radius 2 is 1.54 bits per heavy atom. The molecular weight excluding hydrogens is 321 g/mol. The smallest absolute Gasteiger partial charge is 0.131 e. The molecule has 0 saturated heterocycles. The van der Waals surface area contributed by atoms with E-state index in [0.29, 0.717) is 10.6 Å². The molecule has 0 saturated carbocycles. The fourth-order valence-electron chi connectivity index (χ4n) is 2.86. The zero-order chi connectivity index (χ0) is 16.5. The summed E-state index contributed by atoms with van der Waals surface area (Å²) < 4.78 is 14.4. The van der Waals surface area contributed by atoms with Crippen LogP contribution < -0.4 is 0 Å². The number of benzene rings is 3. The lowest BCUT2D eigenvalue weighted by molar-refractivity contribution is 0.631. The predicted octanol–water partition coefficient (Wildman–Crippen LogP) is 6.36. The molecule has 4 rings (SSSR count). The molecule has 1 aromatic heterocycles. The van der Waals surface area contributed by atoms with E-state index in [1.807, 2.05) is 60.7 Å². The highest BCUT2D eigenvalue weighted by Crippen LogP contribution is 2.35. The Hall–Kier alpha value is -2.71. The van der Waals surface area contributed by atoms with Gasteiger partial charge in [0, 0.05) is 27.1 Å². The Bertz CT molecular complexity index is 1040. The fourth-order valence-corrected chi connectivity index (χ4v) is 3.05. The monoisotopic (exact) mass is 333 g/mol. The normalized spacial score (nSPS) is 10.9. The van der Waals surface area contributed by atoms with Crippen LogP contribution in [0.5, 0.6) is 0 Å². The third-order valence-electron chi connectivity index (χ3n) is 3.99. The van der Waals surface area contributed by atoms with E-state index in [1.165, 1.54) is 6.07 Å². The lowest BCUT2D eigenvalue weighted by atomic mass is 9.97. The summed E-state index contributed by atoms with van der Waals surface area (Å²) in [5.74, 6) is -0.266. The summed E-state index contributed by atoms with van der Waals surface area (Å²) >= 11 is 6.14. The summed E-state index contributed by atoms with van der Waals surface area (Å²) in [5, 5.41) is 1.60. The number of hydrogen-bond donors (Lipinski definition) is 0. The van der Waals surface area contributed by atoms with Crippen molar-refractivity contribution in [1.82, 2.24) is 4.98 Å². The molecule has 1 nitrogen and oxygen atoms in total. The topological polar surface area (TPSA) is 12.9 Å². The van der Waals surface area contributed by atoms with Gasteiger partial charge in [0.1, 0.15) is 5.82 Å². The van der Waals surface area contributed by atoms with Gasteiger partial charge in [0.2, 0.25) is 0 Å². The molecular formula is C21H13ClFN. The number of halogens is 2. The molecule has 3 heteroatoms. The van der Waals surface area contributed by atoms with Crippen molar-refractivity contribution in [3.63, 3.8) is 0 Å². The molecule has 0 N–H and O–H groups in total.